The highest BCUT2D eigenvalue weighted by Gasteiger charge is 2.00. The third kappa shape index (κ3) is 3.31. The van der Waals surface area contributed by atoms with Gasteiger partial charge in [-0.3, -0.25) is 0 Å². The minimum absolute atomic E-state index is 0.118. The number of rotatable bonds is 3. The summed E-state index contributed by atoms with van der Waals surface area (Å²) in [7, 11) is 0. The lowest BCUT2D eigenvalue weighted by atomic mass is 10.1. The standard InChI is InChI=1S/C11H12BrF/c1-2-3-4-5-9-8-10(12)6-7-11(9)13/h2-3,6-8H,4-5H2,1H3/b3-2-. The van der Waals surface area contributed by atoms with Gasteiger partial charge in [0.15, 0.2) is 0 Å². The van der Waals surface area contributed by atoms with Crippen LogP contribution in [-0.4, -0.2) is 0 Å². The second-order valence-electron chi connectivity index (χ2n) is 2.84. The lowest BCUT2D eigenvalue weighted by molar-refractivity contribution is 0.609. The van der Waals surface area contributed by atoms with Gasteiger partial charge in [-0.2, -0.15) is 0 Å². The molecule has 0 fully saturated rings. The van der Waals surface area contributed by atoms with E-state index in [2.05, 4.69) is 15.9 Å². The Hall–Kier alpha value is -0.630. The van der Waals surface area contributed by atoms with Gasteiger partial charge >= 0.3 is 0 Å². The van der Waals surface area contributed by atoms with E-state index in [4.69, 9.17) is 0 Å². The van der Waals surface area contributed by atoms with E-state index in [1.165, 1.54) is 6.07 Å². The maximum Gasteiger partial charge on any atom is 0.126 e. The highest BCUT2D eigenvalue weighted by atomic mass is 79.9. The zero-order valence-electron chi connectivity index (χ0n) is 7.56. The van der Waals surface area contributed by atoms with Gasteiger partial charge in [-0.1, -0.05) is 28.1 Å². The second kappa shape index (κ2) is 5.18. The molecule has 0 bridgehead atoms. The highest BCUT2D eigenvalue weighted by molar-refractivity contribution is 9.10. The fraction of sp³-hybridized carbons (Fsp3) is 0.273. The molecule has 0 radical (unpaired) electrons. The van der Waals surface area contributed by atoms with E-state index in [0.29, 0.717) is 0 Å². The summed E-state index contributed by atoms with van der Waals surface area (Å²) < 4.78 is 14.1. The molecular formula is C11H12BrF. The molecule has 0 N–H and O–H groups in total. The third-order valence-corrected chi connectivity index (χ3v) is 2.32. The Balaban J connectivity index is 2.69. The summed E-state index contributed by atoms with van der Waals surface area (Å²) in [6, 6.07) is 5.04. The van der Waals surface area contributed by atoms with Crippen molar-refractivity contribution >= 4 is 15.9 Å². The predicted molar refractivity (Wildman–Crippen MR) is 57.2 cm³/mol. The molecular weight excluding hydrogens is 231 g/mol. The molecule has 0 saturated carbocycles. The van der Waals surface area contributed by atoms with Crippen molar-refractivity contribution in [2.24, 2.45) is 0 Å². The number of aryl methyl sites for hydroxylation is 1. The van der Waals surface area contributed by atoms with Gasteiger partial charge in [-0.05, 0) is 43.5 Å². The zero-order valence-corrected chi connectivity index (χ0v) is 9.14. The Labute approximate surface area is 86.6 Å². The lowest BCUT2D eigenvalue weighted by Crippen LogP contribution is -1.89. The van der Waals surface area contributed by atoms with Crippen LogP contribution in [0, 0.1) is 5.82 Å². The number of hydrogen-bond donors (Lipinski definition) is 0. The first-order chi connectivity index (χ1) is 6.24. The van der Waals surface area contributed by atoms with Crippen molar-refractivity contribution in [2.75, 3.05) is 0 Å². The molecule has 1 aromatic carbocycles. The third-order valence-electron chi connectivity index (χ3n) is 1.82. The van der Waals surface area contributed by atoms with Crippen LogP contribution >= 0.6 is 15.9 Å². The van der Waals surface area contributed by atoms with Crippen LogP contribution in [0.4, 0.5) is 4.39 Å². The first-order valence-electron chi connectivity index (χ1n) is 4.29. The molecule has 0 aromatic heterocycles. The summed E-state index contributed by atoms with van der Waals surface area (Å²) in [6.45, 7) is 1.97. The SMILES string of the molecule is C/C=C\CCc1cc(Br)ccc1F. The number of hydrogen-bond acceptors (Lipinski definition) is 0. The topological polar surface area (TPSA) is 0 Å². The molecule has 0 nitrogen and oxygen atoms in total. The molecule has 0 spiro atoms. The van der Waals surface area contributed by atoms with E-state index in [1.54, 1.807) is 6.07 Å². The largest absolute Gasteiger partial charge is 0.207 e. The van der Waals surface area contributed by atoms with Gasteiger partial charge in [0.2, 0.25) is 0 Å². The molecule has 0 aliphatic heterocycles. The van der Waals surface area contributed by atoms with E-state index in [1.807, 2.05) is 25.1 Å². The Morgan fingerprint density at radius 2 is 2.23 bits per heavy atom. The van der Waals surface area contributed by atoms with Crippen molar-refractivity contribution in [1.82, 2.24) is 0 Å². The molecule has 2 heteroatoms. The van der Waals surface area contributed by atoms with Gasteiger partial charge < -0.3 is 0 Å². The minimum atomic E-state index is -0.118. The summed E-state index contributed by atoms with van der Waals surface area (Å²) in [5.41, 5.74) is 0.771. The number of benzene rings is 1. The van der Waals surface area contributed by atoms with Crippen molar-refractivity contribution in [3.63, 3.8) is 0 Å². The molecule has 0 saturated heterocycles. The summed E-state index contributed by atoms with van der Waals surface area (Å²) in [6.07, 6.45) is 5.68. The predicted octanol–water partition coefficient (Wildman–Crippen LogP) is 4.10. The average Bonchev–Trinajstić information content (AvgIpc) is 2.11. The van der Waals surface area contributed by atoms with Crippen LogP contribution in [0.5, 0.6) is 0 Å². The van der Waals surface area contributed by atoms with Crippen molar-refractivity contribution < 1.29 is 4.39 Å². The quantitative estimate of drug-likeness (QED) is 0.701. The lowest BCUT2D eigenvalue weighted by Gasteiger charge is -2.01. The first-order valence-corrected chi connectivity index (χ1v) is 5.08. The molecule has 0 atom stereocenters. The smallest absolute Gasteiger partial charge is 0.126 e. The van der Waals surface area contributed by atoms with Crippen molar-refractivity contribution in [1.29, 1.82) is 0 Å². The molecule has 1 rings (SSSR count). The molecule has 0 aliphatic rings. The van der Waals surface area contributed by atoms with E-state index in [0.717, 1.165) is 22.9 Å². The average molecular weight is 243 g/mol. The van der Waals surface area contributed by atoms with E-state index >= 15 is 0 Å². The van der Waals surface area contributed by atoms with Crippen molar-refractivity contribution in [2.45, 2.75) is 19.8 Å². The monoisotopic (exact) mass is 242 g/mol. The van der Waals surface area contributed by atoms with E-state index < -0.39 is 0 Å². The highest BCUT2D eigenvalue weighted by Crippen LogP contribution is 2.16. The Kier molecular flexibility index (Phi) is 4.16. The fourth-order valence-electron chi connectivity index (χ4n) is 1.14. The molecule has 0 heterocycles. The molecule has 0 unspecified atom stereocenters. The van der Waals surface area contributed by atoms with Gasteiger partial charge in [0.1, 0.15) is 5.82 Å². The summed E-state index contributed by atoms with van der Waals surface area (Å²) in [4.78, 5) is 0. The van der Waals surface area contributed by atoms with Gasteiger partial charge in [-0.15, -0.1) is 0 Å². The van der Waals surface area contributed by atoms with Crippen LogP contribution in [0.2, 0.25) is 0 Å². The Bertz CT molecular complexity index is 305. The van der Waals surface area contributed by atoms with Gasteiger partial charge in [0.05, 0.1) is 0 Å². The van der Waals surface area contributed by atoms with E-state index in [-0.39, 0.29) is 5.82 Å². The first kappa shape index (κ1) is 10.5. The summed E-state index contributed by atoms with van der Waals surface area (Å²) in [5.74, 6) is -0.118. The Morgan fingerprint density at radius 1 is 1.46 bits per heavy atom. The second-order valence-corrected chi connectivity index (χ2v) is 3.76. The molecule has 0 amide bonds. The van der Waals surface area contributed by atoms with Crippen molar-refractivity contribution in [3.8, 4) is 0 Å². The van der Waals surface area contributed by atoms with Gasteiger partial charge in [-0.25, -0.2) is 4.39 Å². The minimum Gasteiger partial charge on any atom is -0.207 e. The maximum atomic E-state index is 13.2. The number of halogens is 2. The number of allylic oxidation sites excluding steroid dienone is 2. The van der Waals surface area contributed by atoms with E-state index in [9.17, 15) is 4.39 Å². The van der Waals surface area contributed by atoms with Gasteiger partial charge in [0, 0.05) is 4.47 Å². The summed E-state index contributed by atoms with van der Waals surface area (Å²) in [5, 5.41) is 0. The molecule has 1 aromatic rings. The van der Waals surface area contributed by atoms with Crippen LogP contribution < -0.4 is 0 Å². The van der Waals surface area contributed by atoms with Crippen LogP contribution in [0.1, 0.15) is 18.9 Å². The zero-order chi connectivity index (χ0) is 9.68. The van der Waals surface area contributed by atoms with Crippen LogP contribution in [0.15, 0.2) is 34.8 Å². The van der Waals surface area contributed by atoms with Crippen molar-refractivity contribution in [3.05, 3.63) is 46.2 Å². The molecule has 0 aliphatic carbocycles. The molecule has 70 valence electrons. The summed E-state index contributed by atoms with van der Waals surface area (Å²) >= 11 is 3.32. The normalized spacial score (nSPS) is 11.0. The van der Waals surface area contributed by atoms with Crippen LogP contribution in [-0.2, 0) is 6.42 Å². The fourth-order valence-corrected chi connectivity index (χ4v) is 1.55. The van der Waals surface area contributed by atoms with Crippen LogP contribution in [0.3, 0.4) is 0 Å². The van der Waals surface area contributed by atoms with Crippen LogP contribution in [0.25, 0.3) is 0 Å². The van der Waals surface area contributed by atoms with Gasteiger partial charge in [0.25, 0.3) is 0 Å². The molecule has 13 heavy (non-hydrogen) atoms. The maximum absolute atomic E-state index is 13.2. The Morgan fingerprint density at radius 3 is 2.92 bits per heavy atom.